The van der Waals surface area contributed by atoms with Crippen LogP contribution >= 0.6 is 0 Å². The lowest BCUT2D eigenvalue weighted by Gasteiger charge is -2.12. The fourth-order valence-corrected chi connectivity index (χ4v) is 2.51. The van der Waals surface area contributed by atoms with E-state index >= 15 is 0 Å². The van der Waals surface area contributed by atoms with Crippen molar-refractivity contribution in [1.82, 2.24) is 10.2 Å². The van der Waals surface area contributed by atoms with Crippen molar-refractivity contribution in [2.45, 2.75) is 33.6 Å². The Hall–Kier alpha value is -2.96. The first-order chi connectivity index (χ1) is 11.4. The minimum atomic E-state index is -1.09. The number of H-pyrrole nitrogens is 1. The molecule has 0 unspecified atom stereocenters. The van der Waals surface area contributed by atoms with Crippen LogP contribution in [0.15, 0.2) is 23.0 Å². The minimum Gasteiger partial charge on any atom is -0.478 e. The third kappa shape index (κ3) is 3.34. The van der Waals surface area contributed by atoms with Crippen LogP contribution in [-0.2, 0) is 12.8 Å². The van der Waals surface area contributed by atoms with E-state index in [9.17, 15) is 14.4 Å². The summed E-state index contributed by atoms with van der Waals surface area (Å²) in [6.07, 6.45) is 1.09. The van der Waals surface area contributed by atoms with Gasteiger partial charge in [0.15, 0.2) is 0 Å². The highest BCUT2D eigenvalue weighted by molar-refractivity contribution is 6.06. The molecule has 1 heterocycles. The lowest BCUT2D eigenvalue weighted by atomic mass is 10.0. The summed E-state index contributed by atoms with van der Waals surface area (Å²) in [6.45, 7) is 5.49. The number of amides is 1. The van der Waals surface area contributed by atoms with Gasteiger partial charge in [-0.2, -0.15) is 5.10 Å². The second-order valence-electron chi connectivity index (χ2n) is 5.35. The summed E-state index contributed by atoms with van der Waals surface area (Å²) < 4.78 is 0. The monoisotopic (exact) mass is 329 g/mol. The zero-order chi connectivity index (χ0) is 17.9. The van der Waals surface area contributed by atoms with Crippen molar-refractivity contribution < 1.29 is 14.7 Å². The van der Waals surface area contributed by atoms with Crippen LogP contribution in [-0.4, -0.2) is 27.2 Å². The molecular formula is C17H19N3O4. The molecule has 0 bridgehead atoms. The maximum absolute atomic E-state index is 12.6. The molecule has 24 heavy (non-hydrogen) atoms. The molecule has 7 heteroatoms. The second kappa shape index (κ2) is 7.08. The van der Waals surface area contributed by atoms with Crippen LogP contribution in [0, 0.1) is 6.92 Å². The Morgan fingerprint density at radius 1 is 1.25 bits per heavy atom. The number of rotatable bonds is 5. The van der Waals surface area contributed by atoms with Crippen molar-refractivity contribution in [3.05, 3.63) is 56.5 Å². The standard InChI is InChI=1S/C17H19N3O4/c1-4-11-12(5-2)19-20-16(22)14(11)15(21)18-13-8-10(17(23)24)7-6-9(13)3/h6-8H,4-5H2,1-3H3,(H,18,21)(H,20,22)(H,23,24). The third-order valence-electron chi connectivity index (χ3n) is 3.82. The topological polar surface area (TPSA) is 112 Å². The van der Waals surface area contributed by atoms with E-state index in [0.29, 0.717) is 35.3 Å². The SMILES string of the molecule is CCc1n[nH]c(=O)c(C(=O)Nc2cc(C(=O)O)ccc2C)c1CC. The summed E-state index contributed by atoms with van der Waals surface area (Å²) in [5.74, 6) is -1.66. The van der Waals surface area contributed by atoms with Gasteiger partial charge in [0.05, 0.1) is 11.3 Å². The molecule has 0 aliphatic rings. The molecule has 3 N–H and O–H groups in total. The molecule has 2 aromatic rings. The van der Waals surface area contributed by atoms with E-state index in [-0.39, 0.29) is 11.1 Å². The van der Waals surface area contributed by atoms with Crippen LogP contribution < -0.4 is 10.9 Å². The van der Waals surface area contributed by atoms with Gasteiger partial charge in [-0.3, -0.25) is 9.59 Å². The van der Waals surface area contributed by atoms with Gasteiger partial charge >= 0.3 is 5.97 Å². The number of hydrogen-bond donors (Lipinski definition) is 3. The van der Waals surface area contributed by atoms with Gasteiger partial charge in [0.1, 0.15) is 5.56 Å². The van der Waals surface area contributed by atoms with E-state index in [1.807, 2.05) is 13.8 Å². The smallest absolute Gasteiger partial charge is 0.335 e. The average Bonchev–Trinajstić information content (AvgIpc) is 2.55. The van der Waals surface area contributed by atoms with Crippen molar-refractivity contribution >= 4 is 17.6 Å². The van der Waals surface area contributed by atoms with Gasteiger partial charge in [-0.25, -0.2) is 9.89 Å². The van der Waals surface area contributed by atoms with Crippen molar-refractivity contribution in [3.8, 4) is 0 Å². The Kier molecular flexibility index (Phi) is 5.13. The first kappa shape index (κ1) is 17.4. The lowest BCUT2D eigenvalue weighted by Crippen LogP contribution is -2.28. The van der Waals surface area contributed by atoms with Crippen molar-refractivity contribution in [1.29, 1.82) is 0 Å². The van der Waals surface area contributed by atoms with E-state index in [1.165, 1.54) is 12.1 Å². The molecule has 0 spiro atoms. The number of nitrogens with zero attached hydrogens (tertiary/aromatic N) is 1. The molecule has 7 nitrogen and oxygen atoms in total. The van der Waals surface area contributed by atoms with Gasteiger partial charge in [0, 0.05) is 5.69 Å². The summed E-state index contributed by atoms with van der Waals surface area (Å²) >= 11 is 0. The molecule has 0 radical (unpaired) electrons. The van der Waals surface area contributed by atoms with E-state index < -0.39 is 17.4 Å². The number of aryl methyl sites for hydroxylation is 2. The largest absolute Gasteiger partial charge is 0.478 e. The van der Waals surface area contributed by atoms with Crippen molar-refractivity contribution in [3.63, 3.8) is 0 Å². The maximum Gasteiger partial charge on any atom is 0.335 e. The fourth-order valence-electron chi connectivity index (χ4n) is 2.51. The average molecular weight is 329 g/mol. The van der Waals surface area contributed by atoms with E-state index in [2.05, 4.69) is 15.5 Å². The fraction of sp³-hybridized carbons (Fsp3) is 0.294. The summed E-state index contributed by atoms with van der Waals surface area (Å²) in [5.41, 5.74) is 1.84. The van der Waals surface area contributed by atoms with Crippen LogP contribution in [0.5, 0.6) is 0 Å². The molecule has 0 saturated carbocycles. The number of aromatic carboxylic acids is 1. The molecule has 1 aromatic heterocycles. The summed E-state index contributed by atoms with van der Waals surface area (Å²) in [6, 6.07) is 4.44. The summed E-state index contributed by atoms with van der Waals surface area (Å²) in [5, 5.41) is 18.0. The Balaban J connectivity index is 2.46. The van der Waals surface area contributed by atoms with Gasteiger partial charge in [0.25, 0.3) is 11.5 Å². The highest BCUT2D eigenvalue weighted by Crippen LogP contribution is 2.19. The summed E-state index contributed by atoms with van der Waals surface area (Å²) in [7, 11) is 0. The van der Waals surface area contributed by atoms with Crippen LogP contribution in [0.25, 0.3) is 0 Å². The number of carbonyl (C=O) groups excluding carboxylic acids is 1. The number of carbonyl (C=O) groups is 2. The number of hydrogen-bond acceptors (Lipinski definition) is 4. The van der Waals surface area contributed by atoms with Gasteiger partial charge < -0.3 is 10.4 Å². The lowest BCUT2D eigenvalue weighted by molar-refractivity contribution is 0.0696. The first-order valence-corrected chi connectivity index (χ1v) is 7.64. The van der Waals surface area contributed by atoms with E-state index in [0.717, 1.165) is 0 Å². The molecule has 1 aromatic carbocycles. The molecule has 0 aliphatic carbocycles. The van der Waals surface area contributed by atoms with E-state index in [4.69, 9.17) is 5.11 Å². The number of aromatic amines is 1. The number of nitrogens with one attached hydrogen (secondary N) is 2. The van der Waals surface area contributed by atoms with Gasteiger partial charge in [-0.1, -0.05) is 19.9 Å². The van der Waals surface area contributed by atoms with Crippen molar-refractivity contribution in [2.24, 2.45) is 0 Å². The molecule has 0 fully saturated rings. The Morgan fingerprint density at radius 2 is 1.96 bits per heavy atom. The summed E-state index contributed by atoms with van der Waals surface area (Å²) in [4.78, 5) is 35.8. The molecular weight excluding hydrogens is 310 g/mol. The van der Waals surface area contributed by atoms with E-state index in [1.54, 1.807) is 13.0 Å². The normalized spacial score (nSPS) is 10.5. The number of carboxylic acid groups (broad SMARTS) is 1. The van der Waals surface area contributed by atoms with Gasteiger partial charge in [0.2, 0.25) is 0 Å². The zero-order valence-electron chi connectivity index (χ0n) is 13.8. The number of carboxylic acids is 1. The highest BCUT2D eigenvalue weighted by Gasteiger charge is 2.20. The Bertz CT molecular complexity index is 855. The first-order valence-electron chi connectivity index (χ1n) is 7.64. The Labute approximate surface area is 138 Å². The van der Waals surface area contributed by atoms with Crippen LogP contribution in [0.2, 0.25) is 0 Å². The molecule has 0 aliphatic heterocycles. The van der Waals surface area contributed by atoms with Crippen molar-refractivity contribution in [2.75, 3.05) is 5.32 Å². The predicted octanol–water partition coefficient (Wildman–Crippen LogP) is 2.15. The number of anilines is 1. The number of aromatic nitrogens is 2. The molecule has 126 valence electrons. The molecule has 1 amide bonds. The maximum atomic E-state index is 12.6. The van der Waals surface area contributed by atoms with Crippen LogP contribution in [0.1, 0.15) is 51.4 Å². The van der Waals surface area contributed by atoms with Crippen LogP contribution in [0.3, 0.4) is 0 Å². The molecule has 0 saturated heterocycles. The van der Waals surface area contributed by atoms with Gasteiger partial charge in [-0.05, 0) is 43.0 Å². The predicted molar refractivity (Wildman–Crippen MR) is 89.7 cm³/mol. The number of benzene rings is 1. The quantitative estimate of drug-likeness (QED) is 0.778. The van der Waals surface area contributed by atoms with Crippen LogP contribution in [0.4, 0.5) is 5.69 Å². The Morgan fingerprint density at radius 3 is 2.54 bits per heavy atom. The van der Waals surface area contributed by atoms with Gasteiger partial charge in [-0.15, -0.1) is 0 Å². The third-order valence-corrected chi connectivity index (χ3v) is 3.82. The molecule has 2 rings (SSSR count). The zero-order valence-corrected chi connectivity index (χ0v) is 13.8. The highest BCUT2D eigenvalue weighted by atomic mass is 16.4. The minimum absolute atomic E-state index is 0.0180. The second-order valence-corrected chi connectivity index (χ2v) is 5.35. The molecule has 0 atom stereocenters.